The first-order valence-corrected chi connectivity index (χ1v) is 10.7. The largest absolute Gasteiger partial charge is 0.465 e. The summed E-state index contributed by atoms with van der Waals surface area (Å²) in [5, 5.41) is 3.40. The molecule has 4 aromatic rings. The summed E-state index contributed by atoms with van der Waals surface area (Å²) in [5.74, 6) is -0.707. The average Bonchev–Trinajstić information content (AvgIpc) is 3.29. The van der Waals surface area contributed by atoms with Crippen molar-refractivity contribution in [3.63, 3.8) is 0 Å². The minimum Gasteiger partial charge on any atom is -0.465 e. The molecule has 0 aliphatic rings. The fourth-order valence-corrected chi connectivity index (χ4v) is 4.70. The molecular weight excluding hydrogens is 410 g/mol. The van der Waals surface area contributed by atoms with Crippen LogP contribution < -0.4 is 5.32 Å². The molecule has 0 fully saturated rings. The van der Waals surface area contributed by atoms with E-state index in [1.54, 1.807) is 0 Å². The molecule has 158 valence electrons. The molecule has 0 saturated carbocycles. The molecule has 0 unspecified atom stereocenters. The van der Waals surface area contributed by atoms with Gasteiger partial charge in [-0.2, -0.15) is 0 Å². The fourth-order valence-electron chi connectivity index (χ4n) is 3.62. The number of imidazole rings is 1. The molecule has 0 atom stereocenters. The summed E-state index contributed by atoms with van der Waals surface area (Å²) in [7, 11) is 1.35. The second-order valence-corrected chi connectivity index (χ2v) is 8.70. The van der Waals surface area contributed by atoms with Crippen LogP contribution in [-0.4, -0.2) is 28.4 Å². The van der Waals surface area contributed by atoms with E-state index in [1.165, 1.54) is 18.4 Å². The molecular formula is C24H23N3O3S. The highest BCUT2D eigenvalue weighted by atomic mass is 32.1. The highest BCUT2D eigenvalue weighted by Crippen LogP contribution is 2.40. The van der Waals surface area contributed by atoms with Gasteiger partial charge in [0.25, 0.3) is 0 Å². The third-order valence-electron chi connectivity index (χ3n) is 5.14. The molecule has 0 bridgehead atoms. The number of benzene rings is 1. The molecule has 1 aromatic carbocycles. The Labute approximate surface area is 184 Å². The highest BCUT2D eigenvalue weighted by molar-refractivity contribution is 7.17. The molecule has 3 heterocycles. The number of thiophene rings is 1. The van der Waals surface area contributed by atoms with Crippen molar-refractivity contribution in [3.8, 4) is 11.1 Å². The molecule has 4 rings (SSSR count). The van der Waals surface area contributed by atoms with E-state index in [0.717, 1.165) is 32.8 Å². The number of rotatable bonds is 5. The van der Waals surface area contributed by atoms with Crippen molar-refractivity contribution in [2.75, 3.05) is 12.4 Å². The van der Waals surface area contributed by atoms with E-state index >= 15 is 0 Å². The number of amides is 1. The number of methoxy groups -OCH3 is 1. The fraction of sp³-hybridized carbons (Fsp3) is 0.208. The molecule has 3 aromatic heterocycles. The van der Waals surface area contributed by atoms with Gasteiger partial charge in [0.2, 0.25) is 5.91 Å². The highest BCUT2D eigenvalue weighted by Gasteiger charge is 2.25. The van der Waals surface area contributed by atoms with E-state index in [0.29, 0.717) is 16.3 Å². The van der Waals surface area contributed by atoms with Crippen LogP contribution >= 0.6 is 11.3 Å². The van der Waals surface area contributed by atoms with Crippen molar-refractivity contribution in [2.45, 2.75) is 27.2 Å². The van der Waals surface area contributed by atoms with Crippen molar-refractivity contribution in [2.24, 2.45) is 0 Å². The van der Waals surface area contributed by atoms with Gasteiger partial charge >= 0.3 is 5.97 Å². The zero-order valence-corrected chi connectivity index (χ0v) is 18.7. The van der Waals surface area contributed by atoms with Gasteiger partial charge in [-0.15, -0.1) is 11.3 Å². The third kappa shape index (κ3) is 4.09. The molecule has 0 saturated heterocycles. The molecule has 31 heavy (non-hydrogen) atoms. The van der Waals surface area contributed by atoms with Gasteiger partial charge in [-0.05, 0) is 38.0 Å². The molecule has 7 heteroatoms. The van der Waals surface area contributed by atoms with Gasteiger partial charge in [0.05, 0.1) is 19.2 Å². The van der Waals surface area contributed by atoms with E-state index in [1.807, 2.05) is 74.0 Å². The van der Waals surface area contributed by atoms with E-state index in [4.69, 9.17) is 4.74 Å². The average molecular weight is 434 g/mol. The summed E-state index contributed by atoms with van der Waals surface area (Å²) < 4.78 is 6.94. The Morgan fingerprint density at radius 3 is 2.55 bits per heavy atom. The normalized spacial score (nSPS) is 11.0. The number of ether oxygens (including phenoxy) is 1. The van der Waals surface area contributed by atoms with E-state index in [9.17, 15) is 9.59 Å². The maximum Gasteiger partial charge on any atom is 0.341 e. The van der Waals surface area contributed by atoms with Crippen molar-refractivity contribution >= 4 is 33.9 Å². The molecule has 1 N–H and O–H groups in total. The zero-order chi connectivity index (χ0) is 22.1. The van der Waals surface area contributed by atoms with Gasteiger partial charge < -0.3 is 14.5 Å². The lowest BCUT2D eigenvalue weighted by Crippen LogP contribution is -2.16. The van der Waals surface area contributed by atoms with Crippen LogP contribution in [0.4, 0.5) is 5.00 Å². The van der Waals surface area contributed by atoms with E-state index < -0.39 is 5.97 Å². The zero-order valence-electron chi connectivity index (χ0n) is 17.9. The molecule has 1 amide bonds. The number of nitrogens with one attached hydrogen (secondary N) is 1. The Balaban J connectivity index is 1.64. The summed E-state index contributed by atoms with van der Waals surface area (Å²) >= 11 is 1.37. The summed E-state index contributed by atoms with van der Waals surface area (Å²) in [5.41, 5.74) is 5.75. The van der Waals surface area contributed by atoms with Crippen molar-refractivity contribution in [1.82, 2.24) is 9.38 Å². The number of aromatic nitrogens is 2. The summed E-state index contributed by atoms with van der Waals surface area (Å²) in [6.07, 6.45) is 3.86. The van der Waals surface area contributed by atoms with Gasteiger partial charge in [-0.3, -0.25) is 4.79 Å². The molecule has 0 radical (unpaired) electrons. The van der Waals surface area contributed by atoms with Gasteiger partial charge in [-0.25, -0.2) is 9.78 Å². The van der Waals surface area contributed by atoms with Gasteiger partial charge in [-0.1, -0.05) is 35.9 Å². The summed E-state index contributed by atoms with van der Waals surface area (Å²) in [4.78, 5) is 30.9. The molecule has 0 aliphatic heterocycles. The smallest absolute Gasteiger partial charge is 0.341 e. The second-order valence-electron chi connectivity index (χ2n) is 7.47. The topological polar surface area (TPSA) is 72.7 Å². The predicted molar refractivity (Wildman–Crippen MR) is 123 cm³/mol. The number of fused-ring (bicyclic) bond motifs is 1. The second kappa shape index (κ2) is 8.35. The minimum absolute atomic E-state index is 0.110. The number of hydrogen-bond acceptors (Lipinski definition) is 5. The lowest BCUT2D eigenvalue weighted by atomic mass is 10.0. The van der Waals surface area contributed by atoms with Crippen molar-refractivity contribution in [3.05, 3.63) is 76.1 Å². The minimum atomic E-state index is -0.474. The number of carbonyl (C=O) groups excluding carboxylic acids is 2. The summed E-state index contributed by atoms with van der Waals surface area (Å²) in [6.45, 7) is 5.93. The van der Waals surface area contributed by atoms with Crippen LogP contribution in [0.25, 0.3) is 16.8 Å². The van der Waals surface area contributed by atoms with Gasteiger partial charge in [0, 0.05) is 22.8 Å². The molecule has 0 aliphatic carbocycles. The third-order valence-corrected chi connectivity index (χ3v) is 6.16. The van der Waals surface area contributed by atoms with E-state index in [2.05, 4.69) is 10.3 Å². The Morgan fingerprint density at radius 2 is 1.87 bits per heavy atom. The van der Waals surface area contributed by atoms with E-state index in [-0.39, 0.29) is 12.3 Å². The molecule has 0 spiro atoms. The van der Waals surface area contributed by atoms with Crippen LogP contribution in [0.5, 0.6) is 0 Å². The molecule has 6 nitrogen and oxygen atoms in total. The monoisotopic (exact) mass is 433 g/mol. The Hall–Kier alpha value is -3.45. The first-order chi connectivity index (χ1) is 14.9. The number of nitrogens with zero attached hydrogens (tertiary/aromatic N) is 2. The van der Waals surface area contributed by atoms with Crippen LogP contribution in [-0.2, 0) is 16.0 Å². The van der Waals surface area contributed by atoms with Crippen LogP contribution in [0.15, 0.2) is 48.8 Å². The predicted octanol–water partition coefficient (Wildman–Crippen LogP) is 4.96. The number of pyridine rings is 1. The number of esters is 1. The SMILES string of the molecule is COC(=O)c1c(NC(=O)Cc2cn3cccc(C)c3n2)sc(C)c1-c1ccc(C)cc1. The van der Waals surface area contributed by atoms with Crippen molar-refractivity contribution < 1.29 is 14.3 Å². The van der Waals surface area contributed by atoms with Gasteiger partial charge in [0.15, 0.2) is 0 Å². The van der Waals surface area contributed by atoms with Crippen LogP contribution in [0.3, 0.4) is 0 Å². The Kier molecular flexibility index (Phi) is 5.61. The maximum absolute atomic E-state index is 12.8. The first kappa shape index (κ1) is 20.8. The lowest BCUT2D eigenvalue weighted by molar-refractivity contribution is -0.115. The number of carbonyl (C=O) groups is 2. The van der Waals surface area contributed by atoms with Crippen LogP contribution in [0, 0.1) is 20.8 Å². The van der Waals surface area contributed by atoms with Crippen LogP contribution in [0.1, 0.15) is 32.1 Å². The number of aryl methyl sites for hydroxylation is 3. The quantitative estimate of drug-likeness (QED) is 0.452. The van der Waals surface area contributed by atoms with Crippen molar-refractivity contribution in [1.29, 1.82) is 0 Å². The van der Waals surface area contributed by atoms with Gasteiger partial charge in [0.1, 0.15) is 16.2 Å². The Bertz CT molecular complexity index is 1290. The Morgan fingerprint density at radius 1 is 1.13 bits per heavy atom. The number of hydrogen-bond donors (Lipinski definition) is 1. The summed E-state index contributed by atoms with van der Waals surface area (Å²) in [6, 6.07) is 11.9. The maximum atomic E-state index is 12.8. The lowest BCUT2D eigenvalue weighted by Gasteiger charge is -2.08. The van der Waals surface area contributed by atoms with Crippen LogP contribution in [0.2, 0.25) is 0 Å². The number of anilines is 1. The first-order valence-electron chi connectivity index (χ1n) is 9.89. The standard InChI is InChI=1S/C24H23N3O3S/c1-14-7-9-17(10-8-14)20-16(3)31-23(21(20)24(29)30-4)26-19(28)12-18-13-27-11-5-6-15(2)22(27)25-18/h5-11,13H,12H2,1-4H3,(H,26,28).